The Labute approximate surface area is 179 Å². The van der Waals surface area contributed by atoms with Crippen molar-refractivity contribution in [2.45, 2.75) is 19.9 Å². The fourth-order valence-electron chi connectivity index (χ4n) is 3.40. The number of carbonyl (C=O) groups excluding carboxylic acids is 1. The molecule has 2 aromatic carbocycles. The molecule has 0 spiro atoms. The molecule has 4 aromatic rings. The second kappa shape index (κ2) is 8.43. The molecule has 0 saturated carbocycles. The predicted octanol–water partition coefficient (Wildman–Crippen LogP) is 3.70. The van der Waals surface area contributed by atoms with E-state index in [1.165, 1.54) is 7.11 Å². The first-order chi connectivity index (χ1) is 15.0. The zero-order chi connectivity index (χ0) is 22.0. The number of aryl methyl sites for hydroxylation is 2. The van der Waals surface area contributed by atoms with Gasteiger partial charge in [0.05, 0.1) is 23.8 Å². The molecular formula is C23H23N5O3. The summed E-state index contributed by atoms with van der Waals surface area (Å²) in [7, 11) is 3.22. The number of nitrogens with one attached hydrogen (secondary N) is 1. The van der Waals surface area contributed by atoms with Crippen LogP contribution in [0, 0.1) is 0 Å². The molecule has 0 unspecified atom stereocenters. The van der Waals surface area contributed by atoms with Crippen LogP contribution in [0.3, 0.4) is 0 Å². The molecule has 0 aliphatic rings. The van der Waals surface area contributed by atoms with Crippen LogP contribution in [0.4, 0.5) is 5.82 Å². The van der Waals surface area contributed by atoms with Crippen molar-refractivity contribution in [3.05, 3.63) is 65.4 Å². The Bertz CT molecular complexity index is 1230. The normalized spacial score (nSPS) is 10.9. The smallest absolute Gasteiger partial charge is 0.337 e. The Morgan fingerprint density at radius 3 is 2.45 bits per heavy atom. The van der Waals surface area contributed by atoms with E-state index in [4.69, 9.17) is 14.7 Å². The van der Waals surface area contributed by atoms with Crippen LogP contribution in [0.5, 0.6) is 5.75 Å². The van der Waals surface area contributed by atoms with Crippen molar-refractivity contribution in [2.75, 3.05) is 12.4 Å². The van der Waals surface area contributed by atoms with Crippen molar-refractivity contribution in [3.63, 3.8) is 0 Å². The minimum atomic E-state index is -0.390. The first kappa shape index (κ1) is 20.3. The van der Waals surface area contributed by atoms with Crippen molar-refractivity contribution < 1.29 is 14.6 Å². The SMILES string of the molecule is CCc1nn(C)c2nc(-c3ccc(C(=O)OC)cc3)nc(NCc3ccc(O)cc3)c12. The molecule has 0 aliphatic heterocycles. The topological polar surface area (TPSA) is 102 Å². The van der Waals surface area contributed by atoms with Crippen LogP contribution in [0.25, 0.3) is 22.4 Å². The first-order valence-corrected chi connectivity index (χ1v) is 9.94. The largest absolute Gasteiger partial charge is 0.508 e. The third-order valence-electron chi connectivity index (χ3n) is 5.05. The number of phenols is 1. The van der Waals surface area contributed by atoms with Crippen molar-refractivity contribution >= 4 is 22.8 Å². The minimum Gasteiger partial charge on any atom is -0.508 e. The second-order valence-electron chi connectivity index (χ2n) is 7.11. The van der Waals surface area contributed by atoms with Gasteiger partial charge in [-0.1, -0.05) is 31.2 Å². The number of anilines is 1. The summed E-state index contributed by atoms with van der Waals surface area (Å²) in [5, 5.41) is 18.4. The molecule has 0 fully saturated rings. The maximum Gasteiger partial charge on any atom is 0.337 e. The Morgan fingerprint density at radius 1 is 1.10 bits per heavy atom. The molecule has 0 amide bonds. The van der Waals surface area contributed by atoms with E-state index in [1.54, 1.807) is 41.1 Å². The van der Waals surface area contributed by atoms with Gasteiger partial charge in [0.25, 0.3) is 0 Å². The van der Waals surface area contributed by atoms with Gasteiger partial charge < -0.3 is 15.2 Å². The number of methoxy groups -OCH3 is 1. The lowest BCUT2D eigenvalue weighted by molar-refractivity contribution is 0.0600. The molecule has 0 saturated heterocycles. The highest BCUT2D eigenvalue weighted by Crippen LogP contribution is 2.28. The van der Waals surface area contributed by atoms with Crippen molar-refractivity contribution in [1.29, 1.82) is 0 Å². The number of aromatic nitrogens is 4. The van der Waals surface area contributed by atoms with E-state index < -0.39 is 5.97 Å². The fourth-order valence-corrected chi connectivity index (χ4v) is 3.40. The van der Waals surface area contributed by atoms with Gasteiger partial charge in [-0.05, 0) is 36.2 Å². The number of phenolic OH excluding ortho intramolecular Hbond substituents is 1. The predicted molar refractivity (Wildman–Crippen MR) is 118 cm³/mol. The Hall–Kier alpha value is -3.94. The van der Waals surface area contributed by atoms with Crippen molar-refractivity contribution in [2.24, 2.45) is 7.05 Å². The minimum absolute atomic E-state index is 0.228. The average Bonchev–Trinajstić information content (AvgIpc) is 3.14. The van der Waals surface area contributed by atoms with Crippen LogP contribution in [0.15, 0.2) is 48.5 Å². The molecule has 2 heterocycles. The number of esters is 1. The van der Waals surface area contributed by atoms with E-state index >= 15 is 0 Å². The van der Waals surface area contributed by atoms with Gasteiger partial charge >= 0.3 is 5.97 Å². The van der Waals surface area contributed by atoms with Crippen LogP contribution in [-0.4, -0.2) is 37.9 Å². The molecule has 8 nitrogen and oxygen atoms in total. The van der Waals surface area contributed by atoms with E-state index in [0.29, 0.717) is 23.8 Å². The number of aromatic hydroxyl groups is 1. The average molecular weight is 417 g/mol. The Morgan fingerprint density at radius 2 is 1.81 bits per heavy atom. The summed E-state index contributed by atoms with van der Waals surface area (Å²) in [6, 6.07) is 14.0. The molecular weight excluding hydrogens is 394 g/mol. The lowest BCUT2D eigenvalue weighted by atomic mass is 10.1. The van der Waals surface area contributed by atoms with Crippen LogP contribution in [-0.2, 0) is 24.8 Å². The van der Waals surface area contributed by atoms with E-state index in [9.17, 15) is 9.90 Å². The van der Waals surface area contributed by atoms with Gasteiger partial charge in [-0.2, -0.15) is 5.10 Å². The third kappa shape index (κ3) is 4.05. The van der Waals surface area contributed by atoms with Gasteiger partial charge in [-0.25, -0.2) is 19.4 Å². The van der Waals surface area contributed by atoms with E-state index in [2.05, 4.69) is 10.4 Å². The van der Waals surface area contributed by atoms with Crippen LogP contribution < -0.4 is 5.32 Å². The zero-order valence-corrected chi connectivity index (χ0v) is 17.6. The highest BCUT2D eigenvalue weighted by Gasteiger charge is 2.17. The molecule has 0 bridgehead atoms. The molecule has 0 atom stereocenters. The lowest BCUT2D eigenvalue weighted by Gasteiger charge is -2.11. The Balaban J connectivity index is 1.75. The first-order valence-electron chi connectivity index (χ1n) is 9.94. The summed E-state index contributed by atoms with van der Waals surface area (Å²) in [5.41, 5.74) is 3.90. The number of hydrogen-bond donors (Lipinski definition) is 2. The summed E-state index contributed by atoms with van der Waals surface area (Å²) in [4.78, 5) is 21.2. The summed E-state index contributed by atoms with van der Waals surface area (Å²) in [6.07, 6.45) is 0.752. The number of fused-ring (bicyclic) bond motifs is 1. The van der Waals surface area contributed by atoms with Gasteiger partial charge in [0.2, 0.25) is 0 Å². The third-order valence-corrected chi connectivity index (χ3v) is 5.05. The summed E-state index contributed by atoms with van der Waals surface area (Å²) in [6.45, 7) is 2.58. The van der Waals surface area contributed by atoms with Gasteiger partial charge in [-0.3, -0.25) is 0 Å². The number of rotatable bonds is 6. The van der Waals surface area contributed by atoms with Gasteiger partial charge in [0.15, 0.2) is 11.5 Å². The van der Waals surface area contributed by atoms with E-state index in [0.717, 1.165) is 34.3 Å². The maximum absolute atomic E-state index is 11.7. The van der Waals surface area contributed by atoms with E-state index in [1.807, 2.05) is 26.1 Å². The monoisotopic (exact) mass is 417 g/mol. The molecule has 4 rings (SSSR count). The molecule has 31 heavy (non-hydrogen) atoms. The molecule has 2 N–H and O–H groups in total. The summed E-state index contributed by atoms with van der Waals surface area (Å²) >= 11 is 0. The van der Waals surface area contributed by atoms with Crippen LogP contribution in [0.1, 0.15) is 28.5 Å². The maximum atomic E-state index is 11.7. The lowest BCUT2D eigenvalue weighted by Crippen LogP contribution is -2.05. The number of nitrogens with zero attached hydrogens (tertiary/aromatic N) is 4. The molecule has 0 aliphatic carbocycles. The summed E-state index contributed by atoms with van der Waals surface area (Å²) < 4.78 is 6.52. The van der Waals surface area contributed by atoms with Crippen molar-refractivity contribution in [3.8, 4) is 17.1 Å². The Kier molecular flexibility index (Phi) is 5.53. The highest BCUT2D eigenvalue weighted by molar-refractivity contribution is 5.92. The number of hydrogen-bond acceptors (Lipinski definition) is 7. The summed E-state index contributed by atoms with van der Waals surface area (Å²) in [5.74, 6) is 1.06. The number of carbonyl (C=O) groups is 1. The fraction of sp³-hybridized carbons (Fsp3) is 0.217. The van der Waals surface area contributed by atoms with E-state index in [-0.39, 0.29) is 5.75 Å². The van der Waals surface area contributed by atoms with Gasteiger partial charge in [0, 0.05) is 19.2 Å². The second-order valence-corrected chi connectivity index (χ2v) is 7.11. The molecule has 8 heteroatoms. The van der Waals surface area contributed by atoms with Crippen molar-refractivity contribution in [1.82, 2.24) is 19.7 Å². The van der Waals surface area contributed by atoms with Crippen LogP contribution >= 0.6 is 0 Å². The quantitative estimate of drug-likeness (QED) is 0.461. The number of benzene rings is 2. The standard InChI is InChI=1S/C23H23N5O3/c1-4-18-19-21(24-13-14-5-11-17(29)12-6-14)25-20(26-22(19)28(2)27-18)15-7-9-16(10-8-15)23(30)31-3/h5-12,29H,4,13H2,1-3H3,(H,24,25,26). The number of ether oxygens (including phenoxy) is 1. The zero-order valence-electron chi connectivity index (χ0n) is 17.6. The molecule has 158 valence electrons. The van der Waals surface area contributed by atoms with Gasteiger partial charge in [0.1, 0.15) is 11.6 Å². The highest BCUT2D eigenvalue weighted by atomic mass is 16.5. The molecule has 2 aromatic heterocycles. The van der Waals surface area contributed by atoms with Gasteiger partial charge in [-0.15, -0.1) is 0 Å². The van der Waals surface area contributed by atoms with Crippen LogP contribution in [0.2, 0.25) is 0 Å². The molecule has 0 radical (unpaired) electrons.